The van der Waals surface area contributed by atoms with E-state index in [0.717, 1.165) is 5.56 Å². The quantitative estimate of drug-likeness (QED) is 0.466. The minimum Gasteiger partial charge on any atom is -0.491 e. The molecule has 1 aromatic heterocycles. The normalized spacial score (nSPS) is 10.9. The second-order valence-electron chi connectivity index (χ2n) is 5.46. The molecule has 0 atom stereocenters. The van der Waals surface area contributed by atoms with Crippen molar-refractivity contribution in [1.29, 1.82) is 0 Å². The highest BCUT2D eigenvalue weighted by Gasteiger charge is 2.08. The van der Waals surface area contributed by atoms with Gasteiger partial charge in [0.25, 0.3) is 5.56 Å². The minimum absolute atomic E-state index is 0.223. The molecule has 0 spiro atoms. The van der Waals surface area contributed by atoms with E-state index in [0.29, 0.717) is 33.7 Å². The maximum absolute atomic E-state index is 11.9. The SMILES string of the molecule is CCOc1c(Cl)cc(/C=N\Nc2nc(-c3ccccc3)cc(=O)[nH]2)cc1Cl. The minimum atomic E-state index is -0.284. The van der Waals surface area contributed by atoms with Crippen molar-refractivity contribution in [2.75, 3.05) is 12.0 Å². The number of aromatic amines is 1. The summed E-state index contributed by atoms with van der Waals surface area (Å²) < 4.78 is 5.39. The van der Waals surface area contributed by atoms with Crippen LogP contribution in [0.3, 0.4) is 0 Å². The van der Waals surface area contributed by atoms with E-state index >= 15 is 0 Å². The van der Waals surface area contributed by atoms with Gasteiger partial charge in [-0.15, -0.1) is 0 Å². The van der Waals surface area contributed by atoms with Crippen molar-refractivity contribution in [2.45, 2.75) is 6.92 Å². The third-order valence-electron chi connectivity index (χ3n) is 3.50. The van der Waals surface area contributed by atoms with Crippen molar-refractivity contribution in [2.24, 2.45) is 5.10 Å². The van der Waals surface area contributed by atoms with E-state index in [1.165, 1.54) is 12.3 Å². The number of halogens is 2. The molecule has 0 aliphatic rings. The molecule has 0 aliphatic heterocycles. The number of nitrogens with zero attached hydrogens (tertiary/aromatic N) is 2. The molecule has 6 nitrogen and oxygen atoms in total. The van der Waals surface area contributed by atoms with Gasteiger partial charge in [0.15, 0.2) is 5.75 Å². The Morgan fingerprint density at radius 1 is 1.19 bits per heavy atom. The number of ether oxygens (including phenoxy) is 1. The second kappa shape index (κ2) is 8.70. The van der Waals surface area contributed by atoms with Crippen LogP contribution in [0, 0.1) is 0 Å². The molecule has 0 aliphatic carbocycles. The van der Waals surface area contributed by atoms with Crippen LogP contribution in [0.4, 0.5) is 5.95 Å². The lowest BCUT2D eigenvalue weighted by Gasteiger charge is -2.08. The van der Waals surface area contributed by atoms with Crippen LogP contribution in [0.25, 0.3) is 11.3 Å². The van der Waals surface area contributed by atoms with Crippen LogP contribution in [0.5, 0.6) is 5.75 Å². The van der Waals surface area contributed by atoms with Crippen molar-refractivity contribution in [3.8, 4) is 17.0 Å². The largest absolute Gasteiger partial charge is 0.491 e. The Kier molecular flexibility index (Phi) is 6.11. The van der Waals surface area contributed by atoms with Gasteiger partial charge in [-0.05, 0) is 24.6 Å². The molecule has 27 heavy (non-hydrogen) atoms. The Hall–Kier alpha value is -2.83. The molecule has 3 aromatic rings. The van der Waals surface area contributed by atoms with Gasteiger partial charge in [0.2, 0.25) is 5.95 Å². The molecule has 0 bridgehead atoms. The molecule has 0 saturated carbocycles. The first-order chi connectivity index (χ1) is 13.1. The summed E-state index contributed by atoms with van der Waals surface area (Å²) in [5, 5.41) is 4.86. The first-order valence-corrected chi connectivity index (χ1v) is 8.90. The van der Waals surface area contributed by atoms with Gasteiger partial charge >= 0.3 is 0 Å². The average molecular weight is 403 g/mol. The number of H-pyrrole nitrogens is 1. The fourth-order valence-corrected chi connectivity index (χ4v) is 2.98. The van der Waals surface area contributed by atoms with Crippen LogP contribution in [0.1, 0.15) is 12.5 Å². The number of aromatic nitrogens is 2. The van der Waals surface area contributed by atoms with Crippen molar-refractivity contribution in [3.05, 3.63) is 74.5 Å². The maximum atomic E-state index is 11.9. The fourth-order valence-electron chi connectivity index (χ4n) is 2.37. The Morgan fingerprint density at radius 3 is 2.56 bits per heavy atom. The summed E-state index contributed by atoms with van der Waals surface area (Å²) in [6.45, 7) is 2.31. The highest BCUT2D eigenvalue weighted by atomic mass is 35.5. The lowest BCUT2D eigenvalue weighted by atomic mass is 10.1. The van der Waals surface area contributed by atoms with Crippen molar-refractivity contribution >= 4 is 35.4 Å². The van der Waals surface area contributed by atoms with E-state index in [1.54, 1.807) is 12.1 Å². The molecule has 1 heterocycles. The van der Waals surface area contributed by atoms with Crippen LogP contribution in [-0.4, -0.2) is 22.8 Å². The monoisotopic (exact) mass is 402 g/mol. The summed E-state index contributed by atoms with van der Waals surface area (Å²) >= 11 is 12.3. The zero-order chi connectivity index (χ0) is 19.2. The standard InChI is InChI=1S/C19H16Cl2N4O2/c1-2-27-18-14(20)8-12(9-15(18)21)11-22-25-19-23-16(10-17(26)24-19)13-6-4-3-5-7-13/h3-11H,2H2,1H3,(H2,23,24,25,26)/b22-11-. The Balaban J connectivity index is 1.79. The Labute approximate surface area is 165 Å². The first kappa shape index (κ1) is 18.9. The third kappa shape index (κ3) is 4.87. The Bertz CT molecular complexity index is 997. The molecule has 0 amide bonds. The first-order valence-electron chi connectivity index (χ1n) is 8.14. The molecular formula is C19H16Cl2N4O2. The van der Waals surface area contributed by atoms with Gasteiger partial charge in [-0.25, -0.2) is 10.4 Å². The summed E-state index contributed by atoms with van der Waals surface area (Å²) in [5.74, 6) is 0.660. The summed E-state index contributed by atoms with van der Waals surface area (Å²) in [4.78, 5) is 18.8. The van der Waals surface area contributed by atoms with Crippen LogP contribution in [-0.2, 0) is 0 Å². The van der Waals surface area contributed by atoms with Gasteiger partial charge in [-0.2, -0.15) is 5.10 Å². The number of anilines is 1. The lowest BCUT2D eigenvalue weighted by Crippen LogP contribution is -2.10. The zero-order valence-electron chi connectivity index (χ0n) is 14.4. The van der Waals surface area contributed by atoms with Gasteiger partial charge < -0.3 is 4.74 Å². The molecule has 2 N–H and O–H groups in total. The zero-order valence-corrected chi connectivity index (χ0v) is 15.9. The van der Waals surface area contributed by atoms with E-state index in [2.05, 4.69) is 20.5 Å². The van der Waals surface area contributed by atoms with Crippen LogP contribution >= 0.6 is 23.2 Å². The number of benzene rings is 2. The molecule has 138 valence electrons. The Morgan fingerprint density at radius 2 is 1.89 bits per heavy atom. The van der Waals surface area contributed by atoms with Crippen molar-refractivity contribution in [1.82, 2.24) is 9.97 Å². The fraction of sp³-hybridized carbons (Fsp3) is 0.105. The third-order valence-corrected chi connectivity index (χ3v) is 4.07. The summed E-state index contributed by atoms with van der Waals surface area (Å²) in [6.07, 6.45) is 1.52. The van der Waals surface area contributed by atoms with E-state index < -0.39 is 0 Å². The van der Waals surface area contributed by atoms with E-state index in [9.17, 15) is 4.79 Å². The average Bonchev–Trinajstić information content (AvgIpc) is 2.65. The van der Waals surface area contributed by atoms with E-state index in [1.807, 2.05) is 37.3 Å². The molecule has 2 aromatic carbocycles. The van der Waals surface area contributed by atoms with Crippen LogP contribution in [0.15, 0.2) is 58.4 Å². The van der Waals surface area contributed by atoms with Gasteiger partial charge in [-0.3, -0.25) is 9.78 Å². The molecule has 3 rings (SSSR count). The number of hydrogen-bond acceptors (Lipinski definition) is 5. The predicted molar refractivity (Wildman–Crippen MR) is 109 cm³/mol. The van der Waals surface area contributed by atoms with Gasteiger partial charge in [0, 0.05) is 11.6 Å². The molecule has 8 heteroatoms. The number of rotatable bonds is 6. The molecule has 0 unspecified atom stereocenters. The van der Waals surface area contributed by atoms with E-state index in [-0.39, 0.29) is 11.5 Å². The van der Waals surface area contributed by atoms with Gasteiger partial charge in [0.1, 0.15) is 0 Å². The van der Waals surface area contributed by atoms with Crippen LogP contribution < -0.4 is 15.7 Å². The van der Waals surface area contributed by atoms with Gasteiger partial charge in [-0.1, -0.05) is 53.5 Å². The maximum Gasteiger partial charge on any atom is 0.252 e. The molecule has 0 radical (unpaired) electrons. The number of hydrazone groups is 1. The topological polar surface area (TPSA) is 79.4 Å². The predicted octanol–water partition coefficient (Wildman–Crippen LogP) is 4.59. The van der Waals surface area contributed by atoms with E-state index in [4.69, 9.17) is 27.9 Å². The summed E-state index contributed by atoms with van der Waals surface area (Å²) in [5.41, 5.74) is 4.47. The summed E-state index contributed by atoms with van der Waals surface area (Å²) in [6, 6.07) is 14.2. The highest BCUT2D eigenvalue weighted by Crippen LogP contribution is 2.33. The number of hydrogen-bond donors (Lipinski definition) is 2. The van der Waals surface area contributed by atoms with Crippen molar-refractivity contribution in [3.63, 3.8) is 0 Å². The molecular weight excluding hydrogens is 387 g/mol. The smallest absolute Gasteiger partial charge is 0.252 e. The highest BCUT2D eigenvalue weighted by molar-refractivity contribution is 6.37. The summed E-state index contributed by atoms with van der Waals surface area (Å²) in [7, 11) is 0. The van der Waals surface area contributed by atoms with Crippen LogP contribution in [0.2, 0.25) is 10.0 Å². The van der Waals surface area contributed by atoms with Crippen molar-refractivity contribution < 1.29 is 4.74 Å². The molecule has 0 fully saturated rings. The number of nitrogens with one attached hydrogen (secondary N) is 2. The lowest BCUT2D eigenvalue weighted by molar-refractivity contribution is 0.340. The molecule has 0 saturated heterocycles. The second-order valence-corrected chi connectivity index (χ2v) is 6.28. The van der Waals surface area contributed by atoms with Gasteiger partial charge in [0.05, 0.1) is 28.6 Å².